The monoisotopic (exact) mass is 303 g/mol. The molecular formula is C13H16BrF2N. The van der Waals surface area contributed by atoms with Crippen LogP contribution in [0.25, 0.3) is 0 Å². The van der Waals surface area contributed by atoms with E-state index in [-0.39, 0.29) is 11.1 Å². The van der Waals surface area contributed by atoms with E-state index in [4.69, 9.17) is 0 Å². The van der Waals surface area contributed by atoms with Crippen LogP contribution in [0, 0.1) is 17.0 Å². The lowest BCUT2D eigenvalue weighted by Gasteiger charge is -2.22. The molecule has 0 unspecified atom stereocenters. The van der Waals surface area contributed by atoms with Gasteiger partial charge in [0.1, 0.15) is 17.3 Å². The minimum absolute atomic E-state index is 0.125. The molecule has 0 aromatic heterocycles. The van der Waals surface area contributed by atoms with Gasteiger partial charge in [0.25, 0.3) is 0 Å². The first-order chi connectivity index (χ1) is 7.93. The fourth-order valence-corrected chi connectivity index (χ4v) is 2.62. The molecule has 0 atom stereocenters. The molecule has 1 aromatic carbocycles. The Bertz CT molecular complexity index is 408. The number of alkyl halides is 1. The third kappa shape index (κ3) is 2.62. The number of halogens is 3. The second-order valence-electron chi connectivity index (χ2n) is 5.38. The first-order valence-corrected chi connectivity index (χ1v) is 6.84. The summed E-state index contributed by atoms with van der Waals surface area (Å²) in [4.78, 5) is 1.81. The smallest absolute Gasteiger partial charge is 0.149 e. The van der Waals surface area contributed by atoms with Crippen molar-refractivity contribution in [3.63, 3.8) is 0 Å². The summed E-state index contributed by atoms with van der Waals surface area (Å²) in [5, 5.41) is 0.465. The van der Waals surface area contributed by atoms with Gasteiger partial charge in [-0.15, -0.1) is 0 Å². The van der Waals surface area contributed by atoms with Crippen LogP contribution < -0.4 is 4.90 Å². The largest absolute Gasteiger partial charge is 0.366 e. The highest BCUT2D eigenvalue weighted by atomic mass is 79.9. The van der Waals surface area contributed by atoms with Crippen LogP contribution in [-0.4, -0.2) is 13.1 Å². The first kappa shape index (κ1) is 12.8. The Labute approximate surface area is 109 Å². The van der Waals surface area contributed by atoms with Crippen molar-refractivity contribution in [1.29, 1.82) is 0 Å². The maximum absolute atomic E-state index is 13.9. The third-order valence-electron chi connectivity index (χ3n) is 3.22. The molecule has 1 nitrogen and oxygen atoms in total. The lowest BCUT2D eigenvalue weighted by Crippen LogP contribution is -2.24. The van der Waals surface area contributed by atoms with Crippen molar-refractivity contribution in [3.05, 3.63) is 29.3 Å². The van der Waals surface area contributed by atoms with E-state index in [1.807, 2.05) is 4.90 Å². The van der Waals surface area contributed by atoms with Crippen LogP contribution in [0.1, 0.15) is 25.8 Å². The van der Waals surface area contributed by atoms with Crippen molar-refractivity contribution in [2.75, 3.05) is 18.0 Å². The van der Waals surface area contributed by atoms with E-state index < -0.39 is 11.6 Å². The summed E-state index contributed by atoms with van der Waals surface area (Å²) in [7, 11) is 0. The van der Waals surface area contributed by atoms with Gasteiger partial charge in [-0.05, 0) is 29.5 Å². The van der Waals surface area contributed by atoms with Gasteiger partial charge in [0.2, 0.25) is 0 Å². The molecule has 0 bridgehead atoms. The van der Waals surface area contributed by atoms with Crippen molar-refractivity contribution >= 4 is 21.6 Å². The second-order valence-corrected chi connectivity index (χ2v) is 5.94. The highest BCUT2D eigenvalue weighted by Crippen LogP contribution is 2.35. The Morgan fingerprint density at radius 2 is 1.88 bits per heavy atom. The van der Waals surface area contributed by atoms with E-state index in [2.05, 4.69) is 29.8 Å². The zero-order chi connectivity index (χ0) is 12.6. The van der Waals surface area contributed by atoms with E-state index in [1.54, 1.807) is 0 Å². The normalized spacial score (nSPS) is 18.8. The Balaban J connectivity index is 2.34. The quantitative estimate of drug-likeness (QED) is 0.744. The van der Waals surface area contributed by atoms with Gasteiger partial charge in [-0.1, -0.05) is 29.8 Å². The molecule has 1 aromatic rings. The van der Waals surface area contributed by atoms with Crippen LogP contribution in [0.4, 0.5) is 14.5 Å². The van der Waals surface area contributed by atoms with E-state index >= 15 is 0 Å². The van der Waals surface area contributed by atoms with Gasteiger partial charge in [-0.25, -0.2) is 8.78 Å². The minimum Gasteiger partial charge on any atom is -0.366 e. The predicted octanol–water partition coefficient (Wildman–Crippen LogP) is 4.10. The van der Waals surface area contributed by atoms with E-state index in [0.29, 0.717) is 24.0 Å². The van der Waals surface area contributed by atoms with Crippen LogP contribution in [0.15, 0.2) is 12.1 Å². The SMILES string of the molecule is CC1(C)CCN(c2c(F)cc(CBr)cc2F)C1. The average Bonchev–Trinajstić information content (AvgIpc) is 2.57. The predicted molar refractivity (Wildman–Crippen MR) is 69.6 cm³/mol. The van der Waals surface area contributed by atoms with Crippen molar-refractivity contribution in [2.45, 2.75) is 25.6 Å². The maximum Gasteiger partial charge on any atom is 0.149 e. The van der Waals surface area contributed by atoms with Crippen LogP contribution in [0.5, 0.6) is 0 Å². The zero-order valence-electron chi connectivity index (χ0n) is 10.1. The van der Waals surface area contributed by atoms with Gasteiger partial charge >= 0.3 is 0 Å². The zero-order valence-corrected chi connectivity index (χ0v) is 11.7. The summed E-state index contributed by atoms with van der Waals surface area (Å²) < 4.78 is 27.8. The van der Waals surface area contributed by atoms with Crippen molar-refractivity contribution in [3.8, 4) is 0 Å². The van der Waals surface area contributed by atoms with Gasteiger partial charge < -0.3 is 4.90 Å². The minimum atomic E-state index is -0.461. The summed E-state index contributed by atoms with van der Waals surface area (Å²) >= 11 is 3.21. The topological polar surface area (TPSA) is 3.24 Å². The Kier molecular flexibility index (Phi) is 3.43. The molecule has 0 saturated carbocycles. The molecular weight excluding hydrogens is 288 g/mol. The molecule has 4 heteroatoms. The van der Waals surface area contributed by atoms with Gasteiger partial charge in [0, 0.05) is 18.4 Å². The molecule has 1 heterocycles. The Hall–Kier alpha value is -0.640. The summed E-state index contributed by atoms with van der Waals surface area (Å²) in [5.41, 5.74) is 0.884. The Morgan fingerprint density at radius 1 is 1.29 bits per heavy atom. The molecule has 2 rings (SSSR count). The van der Waals surface area contributed by atoms with Crippen molar-refractivity contribution in [2.24, 2.45) is 5.41 Å². The van der Waals surface area contributed by atoms with Gasteiger partial charge in [0.05, 0.1) is 0 Å². The third-order valence-corrected chi connectivity index (χ3v) is 3.87. The fraction of sp³-hybridized carbons (Fsp3) is 0.538. The number of nitrogens with zero attached hydrogens (tertiary/aromatic N) is 1. The van der Waals surface area contributed by atoms with Crippen LogP contribution >= 0.6 is 15.9 Å². The molecule has 0 spiro atoms. The summed E-state index contributed by atoms with van der Waals surface area (Å²) in [6.07, 6.45) is 0.964. The molecule has 94 valence electrons. The van der Waals surface area contributed by atoms with Gasteiger partial charge in [0.15, 0.2) is 0 Å². The molecule has 1 aliphatic rings. The number of rotatable bonds is 2. The van der Waals surface area contributed by atoms with E-state index in [0.717, 1.165) is 6.42 Å². The summed E-state index contributed by atoms with van der Waals surface area (Å²) in [5.74, 6) is -0.922. The first-order valence-electron chi connectivity index (χ1n) is 5.72. The van der Waals surface area contributed by atoms with Crippen molar-refractivity contribution in [1.82, 2.24) is 0 Å². The number of hydrogen-bond donors (Lipinski definition) is 0. The molecule has 1 saturated heterocycles. The number of benzene rings is 1. The molecule has 0 radical (unpaired) electrons. The highest BCUT2D eigenvalue weighted by molar-refractivity contribution is 9.08. The lowest BCUT2D eigenvalue weighted by atomic mass is 9.93. The summed E-state index contributed by atoms with van der Waals surface area (Å²) in [6.45, 7) is 5.66. The van der Waals surface area contributed by atoms with Crippen LogP contribution in [-0.2, 0) is 5.33 Å². The number of anilines is 1. The molecule has 1 aliphatic heterocycles. The van der Waals surface area contributed by atoms with Gasteiger partial charge in [-0.3, -0.25) is 0 Å². The molecule has 0 N–H and O–H groups in total. The van der Waals surface area contributed by atoms with Crippen LogP contribution in [0.2, 0.25) is 0 Å². The van der Waals surface area contributed by atoms with E-state index in [9.17, 15) is 8.78 Å². The molecule has 1 fully saturated rings. The lowest BCUT2D eigenvalue weighted by molar-refractivity contribution is 0.417. The molecule has 0 aliphatic carbocycles. The average molecular weight is 304 g/mol. The van der Waals surface area contributed by atoms with Gasteiger partial charge in [-0.2, -0.15) is 0 Å². The fourth-order valence-electron chi connectivity index (χ4n) is 2.30. The van der Waals surface area contributed by atoms with Crippen LogP contribution in [0.3, 0.4) is 0 Å². The van der Waals surface area contributed by atoms with E-state index in [1.165, 1.54) is 12.1 Å². The second kappa shape index (κ2) is 4.56. The number of hydrogen-bond acceptors (Lipinski definition) is 1. The Morgan fingerprint density at radius 3 is 2.29 bits per heavy atom. The molecule has 17 heavy (non-hydrogen) atoms. The molecule has 0 amide bonds. The van der Waals surface area contributed by atoms with Crippen molar-refractivity contribution < 1.29 is 8.78 Å². The maximum atomic E-state index is 13.9. The standard InChI is InChI=1S/C13H16BrF2N/c1-13(2)3-4-17(8-13)12-10(15)5-9(7-14)6-11(12)16/h5-6H,3-4,7-8H2,1-2H3. The summed E-state index contributed by atoms with van der Waals surface area (Å²) in [6, 6.07) is 2.80. The highest BCUT2D eigenvalue weighted by Gasteiger charge is 2.32.